The van der Waals surface area contributed by atoms with Crippen LogP contribution in [0.4, 0.5) is 11.4 Å². The molecule has 1 amide bonds. The Morgan fingerprint density at radius 2 is 1.86 bits per heavy atom. The molecular weight excluding hydrogens is 268 g/mol. The number of carbonyl (C=O) groups is 1. The molecule has 106 valence electrons. The van der Waals surface area contributed by atoms with Crippen molar-refractivity contribution < 1.29 is 14.3 Å². The lowest BCUT2D eigenvalue weighted by Crippen LogP contribution is -2.25. The fourth-order valence-electron chi connectivity index (χ4n) is 2.13. The van der Waals surface area contributed by atoms with E-state index >= 15 is 0 Å². The highest BCUT2D eigenvalue weighted by atomic mass is 16.3. The third-order valence-corrected chi connectivity index (χ3v) is 3.29. The van der Waals surface area contributed by atoms with Crippen molar-refractivity contribution in [2.24, 2.45) is 0 Å². The van der Waals surface area contributed by atoms with E-state index < -0.39 is 0 Å². The molecule has 3 N–H and O–H groups in total. The van der Waals surface area contributed by atoms with Crippen molar-refractivity contribution in [2.75, 3.05) is 17.7 Å². The molecular formula is C16H14N2O3. The summed E-state index contributed by atoms with van der Waals surface area (Å²) in [5, 5.41) is 10.1. The second-order valence-corrected chi connectivity index (χ2v) is 4.79. The molecule has 0 aliphatic heterocycles. The summed E-state index contributed by atoms with van der Waals surface area (Å²) in [4.78, 5) is 13.9. The van der Waals surface area contributed by atoms with Gasteiger partial charge >= 0.3 is 0 Å². The summed E-state index contributed by atoms with van der Waals surface area (Å²) in [6.07, 6.45) is 0. The van der Waals surface area contributed by atoms with Gasteiger partial charge in [0, 0.05) is 23.8 Å². The van der Waals surface area contributed by atoms with Crippen LogP contribution in [0.2, 0.25) is 0 Å². The van der Waals surface area contributed by atoms with E-state index in [1.165, 1.54) is 17.0 Å². The molecule has 1 heterocycles. The predicted octanol–water partition coefficient (Wildman–Crippen LogP) is 3.00. The van der Waals surface area contributed by atoms with E-state index in [1.54, 1.807) is 43.4 Å². The maximum absolute atomic E-state index is 12.4. The van der Waals surface area contributed by atoms with Crippen molar-refractivity contribution in [2.45, 2.75) is 0 Å². The zero-order chi connectivity index (χ0) is 15.0. The number of nitrogens with zero attached hydrogens (tertiary/aromatic N) is 1. The Kier molecular flexibility index (Phi) is 3.02. The zero-order valence-electron chi connectivity index (χ0n) is 11.4. The van der Waals surface area contributed by atoms with Gasteiger partial charge in [0.2, 0.25) is 0 Å². The van der Waals surface area contributed by atoms with Gasteiger partial charge in [0.15, 0.2) is 5.76 Å². The lowest BCUT2D eigenvalue weighted by molar-refractivity contribution is 0.0968. The van der Waals surface area contributed by atoms with Gasteiger partial charge in [0.1, 0.15) is 11.3 Å². The van der Waals surface area contributed by atoms with E-state index in [1.807, 2.05) is 0 Å². The Labute approximate surface area is 121 Å². The normalized spacial score (nSPS) is 10.7. The maximum Gasteiger partial charge on any atom is 0.293 e. The number of furan rings is 1. The molecule has 0 saturated carbocycles. The van der Waals surface area contributed by atoms with Crippen LogP contribution in [0.3, 0.4) is 0 Å². The minimum Gasteiger partial charge on any atom is -0.508 e. The summed E-state index contributed by atoms with van der Waals surface area (Å²) >= 11 is 0. The number of hydrogen-bond donors (Lipinski definition) is 2. The second-order valence-electron chi connectivity index (χ2n) is 4.79. The zero-order valence-corrected chi connectivity index (χ0v) is 11.4. The summed E-state index contributed by atoms with van der Waals surface area (Å²) in [5.74, 6) is 0.125. The predicted molar refractivity (Wildman–Crippen MR) is 81.5 cm³/mol. The lowest BCUT2D eigenvalue weighted by Gasteiger charge is -2.15. The average Bonchev–Trinajstić information content (AvgIpc) is 2.89. The number of carbonyl (C=O) groups excluding carboxylic acids is 1. The van der Waals surface area contributed by atoms with Gasteiger partial charge in [0.25, 0.3) is 5.91 Å². The molecule has 0 unspecified atom stereocenters. The van der Waals surface area contributed by atoms with Gasteiger partial charge in [-0.3, -0.25) is 4.79 Å². The smallest absolute Gasteiger partial charge is 0.293 e. The van der Waals surface area contributed by atoms with E-state index in [0.29, 0.717) is 17.0 Å². The van der Waals surface area contributed by atoms with Crippen molar-refractivity contribution in [3.63, 3.8) is 0 Å². The van der Waals surface area contributed by atoms with Crippen LogP contribution >= 0.6 is 0 Å². The number of amides is 1. The summed E-state index contributed by atoms with van der Waals surface area (Å²) in [5.41, 5.74) is 7.62. The van der Waals surface area contributed by atoms with Crippen LogP contribution < -0.4 is 10.6 Å². The average molecular weight is 282 g/mol. The van der Waals surface area contributed by atoms with E-state index in [9.17, 15) is 9.90 Å². The SMILES string of the molecule is CN(C(=O)c1cc2cc(N)ccc2o1)c1ccc(O)cc1. The summed E-state index contributed by atoms with van der Waals surface area (Å²) in [7, 11) is 1.65. The molecule has 21 heavy (non-hydrogen) atoms. The molecule has 3 rings (SSSR count). The van der Waals surface area contributed by atoms with Crippen LogP contribution in [-0.2, 0) is 0 Å². The van der Waals surface area contributed by atoms with Crippen molar-refractivity contribution in [1.29, 1.82) is 0 Å². The van der Waals surface area contributed by atoms with E-state index in [0.717, 1.165) is 5.39 Å². The first-order chi connectivity index (χ1) is 10.0. The molecule has 0 bridgehead atoms. The number of fused-ring (bicyclic) bond motifs is 1. The van der Waals surface area contributed by atoms with E-state index in [-0.39, 0.29) is 17.4 Å². The minimum absolute atomic E-state index is 0.152. The van der Waals surface area contributed by atoms with Crippen molar-refractivity contribution in [3.8, 4) is 5.75 Å². The maximum atomic E-state index is 12.4. The van der Waals surface area contributed by atoms with Gasteiger partial charge in [0.05, 0.1) is 0 Å². The Morgan fingerprint density at radius 3 is 2.57 bits per heavy atom. The molecule has 2 aromatic carbocycles. The number of benzene rings is 2. The Balaban J connectivity index is 1.94. The van der Waals surface area contributed by atoms with Crippen LogP contribution in [0, 0.1) is 0 Å². The third-order valence-electron chi connectivity index (χ3n) is 3.29. The highest BCUT2D eigenvalue weighted by Crippen LogP contribution is 2.24. The van der Waals surface area contributed by atoms with Gasteiger partial charge in [-0.1, -0.05) is 0 Å². The molecule has 5 nitrogen and oxygen atoms in total. The summed E-state index contributed by atoms with van der Waals surface area (Å²) in [6, 6.07) is 13.3. The first-order valence-corrected chi connectivity index (χ1v) is 6.41. The molecule has 0 fully saturated rings. The molecule has 5 heteroatoms. The van der Waals surface area contributed by atoms with Crippen LogP contribution in [0.1, 0.15) is 10.6 Å². The van der Waals surface area contributed by atoms with E-state index in [4.69, 9.17) is 10.2 Å². The Bertz CT molecular complexity index is 806. The van der Waals surface area contributed by atoms with Crippen molar-refractivity contribution >= 4 is 28.3 Å². The Hall–Kier alpha value is -2.95. The second kappa shape index (κ2) is 4.86. The van der Waals surface area contributed by atoms with Crippen molar-refractivity contribution in [3.05, 3.63) is 54.3 Å². The standard InChI is InChI=1S/C16H14N2O3/c1-18(12-3-5-13(19)6-4-12)16(20)15-9-10-8-11(17)2-7-14(10)21-15/h2-9,19H,17H2,1H3. The minimum atomic E-state index is -0.268. The first-order valence-electron chi connectivity index (χ1n) is 6.41. The van der Waals surface area contributed by atoms with Crippen LogP contribution in [0.25, 0.3) is 11.0 Å². The number of anilines is 2. The Morgan fingerprint density at radius 1 is 1.14 bits per heavy atom. The molecule has 0 aliphatic carbocycles. The van der Waals surface area contributed by atoms with E-state index in [2.05, 4.69) is 0 Å². The van der Waals surface area contributed by atoms with Gasteiger partial charge in [-0.05, 0) is 48.5 Å². The number of rotatable bonds is 2. The molecule has 0 atom stereocenters. The third kappa shape index (κ3) is 2.41. The molecule has 0 saturated heterocycles. The molecule has 3 aromatic rings. The number of phenols is 1. The summed E-state index contributed by atoms with van der Waals surface area (Å²) < 4.78 is 5.56. The van der Waals surface area contributed by atoms with Crippen molar-refractivity contribution in [1.82, 2.24) is 0 Å². The largest absolute Gasteiger partial charge is 0.508 e. The van der Waals surface area contributed by atoms with Crippen LogP contribution in [0.15, 0.2) is 52.9 Å². The van der Waals surface area contributed by atoms with Crippen LogP contribution in [-0.4, -0.2) is 18.1 Å². The monoisotopic (exact) mass is 282 g/mol. The van der Waals surface area contributed by atoms with Gasteiger partial charge in [-0.2, -0.15) is 0 Å². The number of nitrogens with two attached hydrogens (primary N) is 1. The number of phenolic OH excluding ortho intramolecular Hbond substituents is 1. The van der Waals surface area contributed by atoms with Gasteiger partial charge in [-0.15, -0.1) is 0 Å². The molecule has 0 aliphatic rings. The van der Waals surface area contributed by atoms with Gasteiger partial charge < -0.3 is 20.2 Å². The topological polar surface area (TPSA) is 79.7 Å². The highest BCUT2D eigenvalue weighted by molar-refractivity contribution is 6.06. The lowest BCUT2D eigenvalue weighted by atomic mass is 10.2. The summed E-state index contributed by atoms with van der Waals surface area (Å²) in [6.45, 7) is 0. The fourth-order valence-corrected chi connectivity index (χ4v) is 2.13. The van der Waals surface area contributed by atoms with Gasteiger partial charge in [-0.25, -0.2) is 0 Å². The molecule has 0 radical (unpaired) electrons. The highest BCUT2D eigenvalue weighted by Gasteiger charge is 2.18. The first kappa shape index (κ1) is 13.1. The number of hydrogen-bond acceptors (Lipinski definition) is 4. The fraction of sp³-hybridized carbons (Fsp3) is 0.0625. The number of nitrogen functional groups attached to an aromatic ring is 1. The number of aromatic hydroxyl groups is 1. The quantitative estimate of drug-likeness (QED) is 0.708. The molecule has 0 spiro atoms. The van der Waals surface area contributed by atoms with Crippen LogP contribution in [0.5, 0.6) is 5.75 Å². The molecule has 1 aromatic heterocycles.